The van der Waals surface area contributed by atoms with E-state index in [9.17, 15) is 10.2 Å². The Labute approximate surface area is 89.3 Å². The second kappa shape index (κ2) is 2.87. The highest BCUT2D eigenvalue weighted by Gasteiger charge is 2.44. The lowest BCUT2D eigenvalue weighted by atomic mass is 10.1. The van der Waals surface area contributed by atoms with E-state index in [1.165, 1.54) is 0 Å². The first-order chi connectivity index (χ1) is 6.04. The Morgan fingerprint density at radius 2 is 2.00 bits per heavy atom. The van der Waals surface area contributed by atoms with Crippen LogP contribution in [0.15, 0.2) is 16.6 Å². The van der Waals surface area contributed by atoms with E-state index < -0.39 is 5.60 Å². The molecule has 1 aromatic carbocycles. The van der Waals surface area contributed by atoms with Gasteiger partial charge in [-0.2, -0.15) is 0 Å². The van der Waals surface area contributed by atoms with Crippen LogP contribution in [0.1, 0.15) is 18.4 Å². The third-order valence-electron chi connectivity index (χ3n) is 2.29. The number of aliphatic hydroxyl groups is 1. The normalized spacial score (nSPS) is 18.7. The van der Waals surface area contributed by atoms with Gasteiger partial charge >= 0.3 is 0 Å². The van der Waals surface area contributed by atoms with Crippen LogP contribution in [0, 0.1) is 0 Å². The van der Waals surface area contributed by atoms with Gasteiger partial charge in [-0.25, -0.2) is 0 Å². The number of halogens is 2. The second-order valence-electron chi connectivity index (χ2n) is 3.29. The summed E-state index contributed by atoms with van der Waals surface area (Å²) in [6, 6.07) is 3.42. The summed E-state index contributed by atoms with van der Waals surface area (Å²) in [7, 11) is 0. The lowest BCUT2D eigenvalue weighted by molar-refractivity contribution is 0.148. The molecule has 13 heavy (non-hydrogen) atoms. The fourth-order valence-corrected chi connectivity index (χ4v) is 1.79. The van der Waals surface area contributed by atoms with E-state index in [1.54, 1.807) is 12.1 Å². The van der Waals surface area contributed by atoms with Gasteiger partial charge in [0.25, 0.3) is 0 Å². The van der Waals surface area contributed by atoms with E-state index in [0.29, 0.717) is 22.9 Å². The summed E-state index contributed by atoms with van der Waals surface area (Å²) in [4.78, 5) is 0. The molecule has 1 saturated carbocycles. The van der Waals surface area contributed by atoms with E-state index >= 15 is 0 Å². The summed E-state index contributed by atoms with van der Waals surface area (Å²) >= 11 is 9.00. The Kier molecular flexibility index (Phi) is 2.06. The zero-order chi connectivity index (χ0) is 9.64. The number of hydrogen-bond donors (Lipinski definition) is 2. The maximum absolute atomic E-state index is 9.76. The molecule has 1 aliphatic carbocycles. The van der Waals surface area contributed by atoms with Crippen molar-refractivity contribution < 1.29 is 10.2 Å². The van der Waals surface area contributed by atoms with Gasteiger partial charge in [-0.05, 0) is 34.8 Å². The Morgan fingerprint density at radius 3 is 2.54 bits per heavy atom. The van der Waals surface area contributed by atoms with Crippen LogP contribution < -0.4 is 0 Å². The van der Waals surface area contributed by atoms with Crippen molar-refractivity contribution >= 4 is 27.5 Å². The highest BCUT2D eigenvalue weighted by Crippen LogP contribution is 2.51. The van der Waals surface area contributed by atoms with Crippen LogP contribution in [-0.4, -0.2) is 10.2 Å². The van der Waals surface area contributed by atoms with Crippen molar-refractivity contribution in [1.82, 2.24) is 0 Å². The summed E-state index contributed by atoms with van der Waals surface area (Å²) in [5.74, 6) is -0.0176. The van der Waals surface area contributed by atoms with E-state index in [-0.39, 0.29) is 10.8 Å². The third-order valence-corrected chi connectivity index (χ3v) is 3.57. The van der Waals surface area contributed by atoms with Crippen molar-refractivity contribution in [2.75, 3.05) is 0 Å². The van der Waals surface area contributed by atoms with Gasteiger partial charge in [0.1, 0.15) is 5.75 Å². The molecule has 0 saturated heterocycles. The summed E-state index contributed by atoms with van der Waals surface area (Å²) in [5.41, 5.74) is -0.310. The van der Waals surface area contributed by atoms with Crippen LogP contribution in [-0.2, 0) is 5.60 Å². The monoisotopic (exact) mass is 262 g/mol. The van der Waals surface area contributed by atoms with Crippen LogP contribution in [0.5, 0.6) is 5.75 Å². The summed E-state index contributed by atoms with van der Waals surface area (Å²) in [5, 5.41) is 19.7. The first kappa shape index (κ1) is 9.31. The minimum absolute atomic E-state index is 0.0176. The van der Waals surface area contributed by atoms with Crippen LogP contribution in [0.2, 0.25) is 5.02 Å². The standard InChI is InChI=1S/C9H8BrClO2/c10-6-2-1-5(8(12)7(6)11)9(13)3-4-9/h1-2,12-13H,3-4H2. The Bertz CT molecular complexity index is 361. The molecule has 0 radical (unpaired) electrons. The molecular formula is C9H8BrClO2. The molecule has 2 N–H and O–H groups in total. The molecule has 2 nitrogen and oxygen atoms in total. The van der Waals surface area contributed by atoms with Crippen molar-refractivity contribution in [3.63, 3.8) is 0 Å². The molecule has 4 heteroatoms. The van der Waals surface area contributed by atoms with Gasteiger partial charge in [-0.3, -0.25) is 0 Å². The van der Waals surface area contributed by atoms with Crippen molar-refractivity contribution in [3.8, 4) is 5.75 Å². The molecule has 0 heterocycles. The summed E-state index contributed by atoms with van der Waals surface area (Å²) in [6.45, 7) is 0. The second-order valence-corrected chi connectivity index (χ2v) is 4.52. The maximum Gasteiger partial charge on any atom is 0.141 e. The van der Waals surface area contributed by atoms with Crippen LogP contribution in [0.25, 0.3) is 0 Å². The fourth-order valence-electron chi connectivity index (χ4n) is 1.30. The van der Waals surface area contributed by atoms with Gasteiger partial charge < -0.3 is 10.2 Å². The number of benzene rings is 1. The first-order valence-corrected chi connectivity index (χ1v) is 5.11. The zero-order valence-corrected chi connectivity index (χ0v) is 9.06. The van der Waals surface area contributed by atoms with Crippen LogP contribution in [0.3, 0.4) is 0 Å². The smallest absolute Gasteiger partial charge is 0.141 e. The molecule has 1 aliphatic rings. The molecule has 0 aliphatic heterocycles. The molecule has 0 bridgehead atoms. The Balaban J connectivity index is 2.54. The fraction of sp³-hybridized carbons (Fsp3) is 0.333. The van der Waals surface area contributed by atoms with Gasteiger partial charge in [0, 0.05) is 10.0 Å². The number of phenols is 1. The Morgan fingerprint density at radius 1 is 1.38 bits per heavy atom. The predicted molar refractivity (Wildman–Crippen MR) is 53.9 cm³/mol. The lowest BCUT2D eigenvalue weighted by Crippen LogP contribution is -2.04. The van der Waals surface area contributed by atoms with Gasteiger partial charge in [-0.15, -0.1) is 0 Å². The number of phenolic OH excluding ortho intramolecular Hbond substituents is 1. The van der Waals surface area contributed by atoms with E-state index in [0.717, 1.165) is 0 Å². The number of rotatable bonds is 1. The average molecular weight is 264 g/mol. The minimum Gasteiger partial charge on any atom is -0.506 e. The van der Waals surface area contributed by atoms with Crippen LogP contribution in [0.4, 0.5) is 0 Å². The first-order valence-electron chi connectivity index (χ1n) is 3.94. The lowest BCUT2D eigenvalue weighted by Gasteiger charge is -2.11. The quantitative estimate of drug-likeness (QED) is 0.818. The zero-order valence-electron chi connectivity index (χ0n) is 6.72. The molecule has 0 unspecified atom stereocenters. The highest BCUT2D eigenvalue weighted by atomic mass is 79.9. The number of hydrogen-bond acceptors (Lipinski definition) is 2. The minimum atomic E-state index is -0.839. The third kappa shape index (κ3) is 1.45. The van der Waals surface area contributed by atoms with Crippen molar-refractivity contribution in [3.05, 3.63) is 27.2 Å². The molecule has 2 rings (SSSR count). The van der Waals surface area contributed by atoms with Gasteiger partial charge in [-0.1, -0.05) is 17.7 Å². The molecule has 70 valence electrons. The Hall–Kier alpha value is -0.250. The highest BCUT2D eigenvalue weighted by molar-refractivity contribution is 9.10. The van der Waals surface area contributed by atoms with Gasteiger partial charge in [0.15, 0.2) is 0 Å². The SMILES string of the molecule is Oc1c(C2(O)CC2)ccc(Br)c1Cl. The topological polar surface area (TPSA) is 40.5 Å². The molecular weight excluding hydrogens is 255 g/mol. The van der Waals surface area contributed by atoms with Crippen molar-refractivity contribution in [2.45, 2.75) is 18.4 Å². The molecule has 0 amide bonds. The van der Waals surface area contributed by atoms with E-state index in [4.69, 9.17) is 11.6 Å². The summed E-state index contributed by atoms with van der Waals surface area (Å²) < 4.78 is 0.639. The van der Waals surface area contributed by atoms with Crippen molar-refractivity contribution in [1.29, 1.82) is 0 Å². The number of aromatic hydroxyl groups is 1. The molecule has 1 fully saturated rings. The molecule has 1 aromatic rings. The average Bonchev–Trinajstić information content (AvgIpc) is 2.80. The molecule has 0 spiro atoms. The van der Waals surface area contributed by atoms with Crippen molar-refractivity contribution in [2.24, 2.45) is 0 Å². The van der Waals surface area contributed by atoms with Gasteiger partial charge in [0.2, 0.25) is 0 Å². The summed E-state index contributed by atoms with van der Waals surface area (Å²) in [6.07, 6.45) is 1.39. The van der Waals surface area contributed by atoms with E-state index in [1.807, 2.05) is 0 Å². The van der Waals surface area contributed by atoms with Gasteiger partial charge in [0.05, 0.1) is 10.6 Å². The molecule has 0 atom stereocenters. The molecule has 0 aromatic heterocycles. The largest absolute Gasteiger partial charge is 0.506 e. The predicted octanol–water partition coefficient (Wildman–Crippen LogP) is 2.79. The van der Waals surface area contributed by atoms with Crippen LogP contribution >= 0.6 is 27.5 Å². The maximum atomic E-state index is 9.76. The van der Waals surface area contributed by atoms with E-state index in [2.05, 4.69) is 15.9 Å².